The summed E-state index contributed by atoms with van der Waals surface area (Å²) in [4.78, 5) is 18.7. The van der Waals surface area contributed by atoms with Gasteiger partial charge >= 0.3 is 0 Å². The Morgan fingerprint density at radius 2 is 2.18 bits per heavy atom. The molecular weight excluding hydrogens is 301 g/mol. The lowest BCUT2D eigenvalue weighted by Crippen LogP contribution is -2.34. The first-order valence-electron chi connectivity index (χ1n) is 7.29. The van der Waals surface area contributed by atoms with Crippen molar-refractivity contribution < 1.29 is 9.18 Å². The van der Waals surface area contributed by atoms with E-state index in [1.807, 2.05) is 11.8 Å². The normalized spacial score (nSPS) is 21.3. The molecule has 1 aliphatic rings. The van der Waals surface area contributed by atoms with Gasteiger partial charge in [-0.05, 0) is 31.0 Å². The van der Waals surface area contributed by atoms with Crippen LogP contribution in [-0.2, 0) is 6.54 Å². The molecule has 22 heavy (non-hydrogen) atoms. The molecule has 1 saturated heterocycles. The van der Waals surface area contributed by atoms with Gasteiger partial charge in [0, 0.05) is 30.4 Å². The van der Waals surface area contributed by atoms with E-state index in [0.717, 1.165) is 17.0 Å². The van der Waals surface area contributed by atoms with Crippen LogP contribution in [0.25, 0.3) is 0 Å². The lowest BCUT2D eigenvalue weighted by molar-refractivity contribution is 0.0740. The number of hydrogen-bond donors (Lipinski definition) is 1. The van der Waals surface area contributed by atoms with E-state index in [2.05, 4.69) is 4.98 Å². The van der Waals surface area contributed by atoms with E-state index in [1.54, 1.807) is 17.5 Å². The molecule has 1 aromatic heterocycles. The van der Waals surface area contributed by atoms with E-state index in [0.29, 0.717) is 18.8 Å². The minimum atomic E-state index is -0.237. The van der Waals surface area contributed by atoms with Crippen LogP contribution in [0, 0.1) is 5.82 Å². The summed E-state index contributed by atoms with van der Waals surface area (Å²) in [5, 5.41) is 2.54. The fourth-order valence-electron chi connectivity index (χ4n) is 2.94. The molecule has 1 fully saturated rings. The van der Waals surface area contributed by atoms with E-state index in [9.17, 15) is 9.18 Å². The lowest BCUT2D eigenvalue weighted by atomic mass is 9.97. The topological polar surface area (TPSA) is 59.2 Å². The summed E-state index contributed by atoms with van der Waals surface area (Å²) in [7, 11) is 0. The molecule has 2 aromatic rings. The lowest BCUT2D eigenvalue weighted by Gasteiger charge is -2.20. The molecule has 1 aliphatic heterocycles. The molecule has 0 saturated carbocycles. The van der Waals surface area contributed by atoms with Crippen LogP contribution in [0.3, 0.4) is 0 Å². The number of benzene rings is 1. The number of rotatable bonds is 3. The van der Waals surface area contributed by atoms with Crippen molar-refractivity contribution in [2.45, 2.75) is 31.8 Å². The zero-order chi connectivity index (χ0) is 15.7. The highest BCUT2D eigenvalue weighted by atomic mass is 32.1. The largest absolute Gasteiger partial charge is 0.334 e. The van der Waals surface area contributed by atoms with Crippen LogP contribution in [0.15, 0.2) is 29.6 Å². The van der Waals surface area contributed by atoms with Crippen LogP contribution < -0.4 is 5.73 Å². The minimum absolute atomic E-state index is 0.0481. The van der Waals surface area contributed by atoms with E-state index in [-0.39, 0.29) is 23.7 Å². The SMILES string of the molecule is CC1CC(c2ccc(F)cc2)CN1C(=O)c1csc(CN)n1. The summed E-state index contributed by atoms with van der Waals surface area (Å²) in [6.45, 7) is 3.03. The summed E-state index contributed by atoms with van der Waals surface area (Å²) in [6, 6.07) is 6.69. The maximum absolute atomic E-state index is 13.0. The highest BCUT2D eigenvalue weighted by Crippen LogP contribution is 2.32. The molecule has 2 unspecified atom stereocenters. The molecule has 0 bridgehead atoms. The van der Waals surface area contributed by atoms with Crippen LogP contribution in [0.2, 0.25) is 0 Å². The number of nitrogens with two attached hydrogens (primary N) is 1. The van der Waals surface area contributed by atoms with Gasteiger partial charge in [-0.3, -0.25) is 4.79 Å². The quantitative estimate of drug-likeness (QED) is 0.946. The number of amides is 1. The Kier molecular flexibility index (Phi) is 4.22. The summed E-state index contributed by atoms with van der Waals surface area (Å²) < 4.78 is 13.0. The van der Waals surface area contributed by atoms with Crippen LogP contribution in [0.5, 0.6) is 0 Å². The number of carbonyl (C=O) groups is 1. The third kappa shape index (κ3) is 2.89. The van der Waals surface area contributed by atoms with Crippen molar-refractivity contribution in [3.8, 4) is 0 Å². The first kappa shape index (κ1) is 15.1. The maximum Gasteiger partial charge on any atom is 0.273 e. The molecular formula is C16H18FN3OS. The Labute approximate surface area is 132 Å². The molecule has 2 N–H and O–H groups in total. The molecule has 2 atom stereocenters. The molecule has 6 heteroatoms. The fraction of sp³-hybridized carbons (Fsp3) is 0.375. The molecule has 116 valence electrons. The Morgan fingerprint density at radius 1 is 1.45 bits per heavy atom. The fourth-order valence-corrected chi connectivity index (χ4v) is 3.59. The Hall–Kier alpha value is -1.79. The number of likely N-dealkylation sites (tertiary alicyclic amines) is 1. The predicted molar refractivity (Wildman–Crippen MR) is 84.3 cm³/mol. The predicted octanol–water partition coefficient (Wildman–Crippen LogP) is 2.76. The van der Waals surface area contributed by atoms with Gasteiger partial charge < -0.3 is 10.6 Å². The van der Waals surface area contributed by atoms with Crippen LogP contribution in [0.1, 0.15) is 40.3 Å². The second-order valence-corrected chi connectivity index (χ2v) is 6.56. The van der Waals surface area contributed by atoms with Crippen molar-refractivity contribution in [1.29, 1.82) is 0 Å². The van der Waals surface area contributed by atoms with Crippen LogP contribution in [0.4, 0.5) is 4.39 Å². The molecule has 1 aromatic carbocycles. The minimum Gasteiger partial charge on any atom is -0.334 e. The van der Waals surface area contributed by atoms with Crippen molar-refractivity contribution in [3.05, 3.63) is 51.7 Å². The zero-order valence-corrected chi connectivity index (χ0v) is 13.1. The maximum atomic E-state index is 13.0. The average molecular weight is 319 g/mol. The number of halogens is 1. The standard InChI is InChI=1S/C16H18FN3OS/c1-10-6-12(11-2-4-13(17)5-3-11)8-20(10)16(21)14-9-22-15(7-18)19-14/h2-5,9-10,12H,6-8,18H2,1H3. The van der Waals surface area contributed by atoms with Gasteiger partial charge in [-0.2, -0.15) is 0 Å². The first-order valence-corrected chi connectivity index (χ1v) is 8.17. The van der Waals surface area contributed by atoms with Gasteiger partial charge in [-0.25, -0.2) is 9.37 Å². The number of aromatic nitrogens is 1. The van der Waals surface area contributed by atoms with Gasteiger partial charge in [0.05, 0.1) is 0 Å². The summed E-state index contributed by atoms with van der Waals surface area (Å²) >= 11 is 1.41. The Bertz CT molecular complexity index is 670. The third-order valence-electron chi connectivity index (χ3n) is 4.12. The highest BCUT2D eigenvalue weighted by molar-refractivity contribution is 7.09. The van der Waals surface area contributed by atoms with Crippen molar-refractivity contribution in [3.63, 3.8) is 0 Å². The van der Waals surface area contributed by atoms with Gasteiger partial charge in [0.1, 0.15) is 16.5 Å². The van der Waals surface area contributed by atoms with Crippen LogP contribution in [-0.4, -0.2) is 28.4 Å². The van der Waals surface area contributed by atoms with Gasteiger partial charge in [0.15, 0.2) is 0 Å². The van der Waals surface area contributed by atoms with E-state index >= 15 is 0 Å². The van der Waals surface area contributed by atoms with Crippen molar-refractivity contribution in [2.24, 2.45) is 5.73 Å². The van der Waals surface area contributed by atoms with Crippen molar-refractivity contribution >= 4 is 17.2 Å². The molecule has 4 nitrogen and oxygen atoms in total. The average Bonchev–Trinajstić information content (AvgIpc) is 3.14. The molecule has 1 amide bonds. The molecule has 0 radical (unpaired) electrons. The van der Waals surface area contributed by atoms with Gasteiger partial charge in [0.2, 0.25) is 0 Å². The number of hydrogen-bond acceptors (Lipinski definition) is 4. The molecule has 0 spiro atoms. The van der Waals surface area contributed by atoms with E-state index < -0.39 is 0 Å². The summed E-state index contributed by atoms with van der Waals surface area (Å²) in [6.07, 6.45) is 0.880. The zero-order valence-electron chi connectivity index (χ0n) is 12.3. The van der Waals surface area contributed by atoms with Gasteiger partial charge in [-0.15, -0.1) is 11.3 Å². The molecule has 2 heterocycles. The molecule has 0 aliphatic carbocycles. The van der Waals surface area contributed by atoms with Crippen LogP contribution >= 0.6 is 11.3 Å². The smallest absolute Gasteiger partial charge is 0.273 e. The second kappa shape index (κ2) is 6.14. The van der Waals surface area contributed by atoms with Crippen molar-refractivity contribution in [2.75, 3.05) is 6.54 Å². The van der Waals surface area contributed by atoms with E-state index in [1.165, 1.54) is 23.5 Å². The summed E-state index contributed by atoms with van der Waals surface area (Å²) in [5.74, 6) is -0.0419. The Balaban J connectivity index is 1.75. The summed E-state index contributed by atoms with van der Waals surface area (Å²) in [5.41, 5.74) is 7.09. The van der Waals surface area contributed by atoms with Crippen molar-refractivity contribution in [1.82, 2.24) is 9.88 Å². The monoisotopic (exact) mass is 319 g/mol. The number of carbonyl (C=O) groups excluding carboxylic acids is 1. The second-order valence-electron chi connectivity index (χ2n) is 5.62. The number of thiazole rings is 1. The van der Waals surface area contributed by atoms with E-state index in [4.69, 9.17) is 5.73 Å². The Morgan fingerprint density at radius 3 is 2.82 bits per heavy atom. The highest BCUT2D eigenvalue weighted by Gasteiger charge is 2.34. The van der Waals surface area contributed by atoms with Gasteiger partial charge in [-0.1, -0.05) is 12.1 Å². The van der Waals surface area contributed by atoms with Gasteiger partial charge in [0.25, 0.3) is 5.91 Å². The number of nitrogens with zero attached hydrogens (tertiary/aromatic N) is 2. The molecule has 3 rings (SSSR count). The first-order chi connectivity index (χ1) is 10.6. The third-order valence-corrected chi connectivity index (χ3v) is 4.99.